The van der Waals surface area contributed by atoms with E-state index in [0.717, 1.165) is 6.42 Å². The van der Waals surface area contributed by atoms with E-state index < -0.39 is 5.97 Å². The van der Waals surface area contributed by atoms with Gasteiger partial charge >= 0.3 is 11.9 Å². The molecule has 0 aromatic rings. The summed E-state index contributed by atoms with van der Waals surface area (Å²) < 4.78 is 10.1. The van der Waals surface area contributed by atoms with E-state index in [1.807, 2.05) is 20.8 Å². The normalized spacial score (nSPS) is 13.1. The van der Waals surface area contributed by atoms with E-state index in [9.17, 15) is 9.59 Å². The Morgan fingerprint density at radius 3 is 2.35 bits per heavy atom. The van der Waals surface area contributed by atoms with Gasteiger partial charge < -0.3 is 9.47 Å². The molecular formula is C13H22O4. The molecule has 0 aromatic carbocycles. The lowest BCUT2D eigenvalue weighted by molar-refractivity contribution is -0.146. The molecule has 1 unspecified atom stereocenters. The van der Waals surface area contributed by atoms with Gasteiger partial charge in [0, 0.05) is 6.42 Å². The van der Waals surface area contributed by atoms with Gasteiger partial charge in [-0.2, -0.15) is 0 Å². The Kier molecular flexibility index (Phi) is 8.11. The lowest BCUT2D eigenvalue weighted by Gasteiger charge is -2.13. The maximum absolute atomic E-state index is 11.7. The Labute approximate surface area is 103 Å². The van der Waals surface area contributed by atoms with E-state index in [2.05, 4.69) is 0 Å². The van der Waals surface area contributed by atoms with Gasteiger partial charge in [-0.15, -0.1) is 0 Å². The van der Waals surface area contributed by atoms with Crippen LogP contribution < -0.4 is 0 Å². The van der Waals surface area contributed by atoms with Crippen molar-refractivity contribution in [1.82, 2.24) is 0 Å². The van der Waals surface area contributed by atoms with Gasteiger partial charge in [0.15, 0.2) is 0 Å². The monoisotopic (exact) mass is 242 g/mol. The molecule has 0 fully saturated rings. The molecule has 17 heavy (non-hydrogen) atoms. The number of carbonyl (C=O) groups is 2. The predicted octanol–water partition coefficient (Wildman–Crippen LogP) is 2.62. The van der Waals surface area contributed by atoms with Gasteiger partial charge in [0.2, 0.25) is 0 Å². The summed E-state index contributed by atoms with van der Waals surface area (Å²) in [5.41, 5.74) is 0.412. The molecule has 4 nitrogen and oxygen atoms in total. The predicted molar refractivity (Wildman–Crippen MR) is 65.5 cm³/mol. The van der Waals surface area contributed by atoms with Crippen LogP contribution in [-0.2, 0) is 19.1 Å². The van der Waals surface area contributed by atoms with Crippen LogP contribution in [-0.4, -0.2) is 24.6 Å². The number of hydrogen-bond acceptors (Lipinski definition) is 4. The first-order chi connectivity index (χ1) is 8.04. The fourth-order valence-corrected chi connectivity index (χ4v) is 1.05. The molecule has 98 valence electrons. The number of hydrogen-bond donors (Lipinski definition) is 0. The highest BCUT2D eigenvalue weighted by molar-refractivity contribution is 5.89. The van der Waals surface area contributed by atoms with Crippen molar-refractivity contribution in [1.29, 1.82) is 0 Å². The van der Waals surface area contributed by atoms with Gasteiger partial charge in [-0.05, 0) is 19.8 Å². The van der Waals surface area contributed by atoms with Crippen LogP contribution in [0.2, 0.25) is 0 Å². The van der Waals surface area contributed by atoms with Gasteiger partial charge in [0.25, 0.3) is 0 Å². The minimum absolute atomic E-state index is 0.00419. The minimum atomic E-state index is -0.398. The third-order valence-corrected chi connectivity index (χ3v) is 2.27. The van der Waals surface area contributed by atoms with Gasteiger partial charge in [-0.25, -0.2) is 4.79 Å². The third-order valence-electron chi connectivity index (χ3n) is 2.27. The topological polar surface area (TPSA) is 52.6 Å². The molecule has 0 saturated heterocycles. The van der Waals surface area contributed by atoms with Crippen LogP contribution in [0.1, 0.15) is 47.0 Å². The number of ether oxygens (including phenoxy) is 2. The fraction of sp³-hybridized carbons (Fsp3) is 0.692. The summed E-state index contributed by atoms with van der Waals surface area (Å²) in [6, 6.07) is 0. The average Bonchev–Trinajstić information content (AvgIpc) is 2.33. The summed E-state index contributed by atoms with van der Waals surface area (Å²) in [7, 11) is 0. The number of carbonyl (C=O) groups excluding carboxylic acids is 2. The molecule has 0 bridgehead atoms. The summed E-state index contributed by atoms with van der Waals surface area (Å²) in [5, 5.41) is 0. The Hall–Kier alpha value is -1.32. The molecule has 0 aliphatic carbocycles. The van der Waals surface area contributed by atoms with Crippen molar-refractivity contribution < 1.29 is 19.1 Å². The van der Waals surface area contributed by atoms with Crippen LogP contribution in [0.3, 0.4) is 0 Å². The fourth-order valence-electron chi connectivity index (χ4n) is 1.05. The van der Waals surface area contributed by atoms with Gasteiger partial charge in [-0.1, -0.05) is 26.8 Å². The molecular weight excluding hydrogens is 220 g/mol. The van der Waals surface area contributed by atoms with Gasteiger partial charge in [-0.3, -0.25) is 4.79 Å². The summed E-state index contributed by atoms with van der Waals surface area (Å²) in [4.78, 5) is 22.7. The Bertz CT molecular complexity index is 281. The van der Waals surface area contributed by atoms with Crippen molar-refractivity contribution >= 4 is 11.9 Å². The minimum Gasteiger partial charge on any atom is -0.461 e. The van der Waals surface area contributed by atoms with E-state index in [1.165, 1.54) is 0 Å². The van der Waals surface area contributed by atoms with E-state index in [0.29, 0.717) is 18.4 Å². The van der Waals surface area contributed by atoms with Crippen molar-refractivity contribution in [2.24, 2.45) is 0 Å². The number of allylic oxidation sites excluding steroid dienone is 1. The molecule has 0 radical (unpaired) electrons. The second-order valence-corrected chi connectivity index (χ2v) is 3.78. The molecule has 0 heterocycles. The van der Waals surface area contributed by atoms with Crippen LogP contribution in [0.15, 0.2) is 11.6 Å². The smallest absolute Gasteiger partial charge is 0.337 e. The molecule has 0 saturated carbocycles. The lowest BCUT2D eigenvalue weighted by atomic mass is 10.2. The third kappa shape index (κ3) is 6.76. The first-order valence-corrected chi connectivity index (χ1v) is 6.10. The zero-order chi connectivity index (χ0) is 13.3. The SMILES string of the molecule is CCC=C(COC(=O)CC)C(=O)OC(C)CC. The second-order valence-electron chi connectivity index (χ2n) is 3.78. The van der Waals surface area contributed by atoms with Crippen molar-refractivity contribution in [3.8, 4) is 0 Å². The number of rotatable bonds is 7. The highest BCUT2D eigenvalue weighted by atomic mass is 16.6. The highest BCUT2D eigenvalue weighted by Gasteiger charge is 2.15. The molecule has 0 amide bonds. The van der Waals surface area contributed by atoms with Crippen molar-refractivity contribution in [2.45, 2.75) is 53.1 Å². The van der Waals surface area contributed by atoms with E-state index in [1.54, 1.807) is 13.0 Å². The zero-order valence-corrected chi connectivity index (χ0v) is 11.1. The lowest BCUT2D eigenvalue weighted by Crippen LogP contribution is -2.19. The molecule has 0 spiro atoms. The molecule has 0 aliphatic heterocycles. The molecule has 0 N–H and O–H groups in total. The summed E-state index contributed by atoms with van der Waals surface area (Å²) in [5.74, 6) is -0.714. The maximum Gasteiger partial charge on any atom is 0.337 e. The first-order valence-electron chi connectivity index (χ1n) is 6.10. The van der Waals surface area contributed by atoms with Crippen molar-refractivity contribution in [3.05, 3.63) is 11.6 Å². The largest absolute Gasteiger partial charge is 0.461 e. The average molecular weight is 242 g/mol. The first kappa shape index (κ1) is 15.7. The quantitative estimate of drug-likeness (QED) is 0.508. The summed E-state index contributed by atoms with van der Waals surface area (Å²) in [6.45, 7) is 7.40. The zero-order valence-electron chi connectivity index (χ0n) is 11.1. The molecule has 0 aromatic heterocycles. The maximum atomic E-state index is 11.7. The standard InChI is InChI=1S/C13H22O4/c1-5-8-11(9-16-12(14)7-3)13(15)17-10(4)6-2/h8,10H,5-7,9H2,1-4H3. The van der Waals surface area contributed by atoms with Crippen LogP contribution >= 0.6 is 0 Å². The second kappa shape index (κ2) is 8.79. The molecule has 0 rings (SSSR count). The molecule has 1 atom stereocenters. The highest BCUT2D eigenvalue weighted by Crippen LogP contribution is 2.06. The summed E-state index contributed by atoms with van der Waals surface area (Å²) in [6.07, 6.45) is 3.38. The van der Waals surface area contributed by atoms with Crippen LogP contribution in [0.25, 0.3) is 0 Å². The Morgan fingerprint density at radius 2 is 1.88 bits per heavy atom. The van der Waals surface area contributed by atoms with Crippen molar-refractivity contribution in [2.75, 3.05) is 6.61 Å². The molecule has 0 aliphatic rings. The summed E-state index contributed by atoms with van der Waals surface area (Å²) >= 11 is 0. The van der Waals surface area contributed by atoms with E-state index >= 15 is 0 Å². The Morgan fingerprint density at radius 1 is 1.24 bits per heavy atom. The van der Waals surface area contributed by atoms with E-state index in [4.69, 9.17) is 9.47 Å². The van der Waals surface area contributed by atoms with Crippen molar-refractivity contribution in [3.63, 3.8) is 0 Å². The van der Waals surface area contributed by atoms with Crippen LogP contribution in [0.4, 0.5) is 0 Å². The Balaban J connectivity index is 4.37. The molecule has 4 heteroatoms. The van der Waals surface area contributed by atoms with Gasteiger partial charge in [0.1, 0.15) is 6.61 Å². The van der Waals surface area contributed by atoms with Gasteiger partial charge in [0.05, 0.1) is 11.7 Å². The van der Waals surface area contributed by atoms with Crippen LogP contribution in [0.5, 0.6) is 0 Å². The van der Waals surface area contributed by atoms with E-state index in [-0.39, 0.29) is 18.7 Å². The number of esters is 2. The van der Waals surface area contributed by atoms with Crippen LogP contribution in [0, 0.1) is 0 Å².